The topological polar surface area (TPSA) is 105 Å². The van der Waals surface area contributed by atoms with Crippen LogP contribution in [0.15, 0.2) is 66.7 Å². The highest BCUT2D eigenvalue weighted by atomic mass is 35.5. The number of alkyl carbamates (subject to hydrolysis) is 1. The van der Waals surface area contributed by atoms with E-state index in [-0.39, 0.29) is 28.8 Å². The first-order valence-corrected chi connectivity index (χ1v) is 11.7. The summed E-state index contributed by atoms with van der Waals surface area (Å²) in [6, 6.07) is 19.3. The van der Waals surface area contributed by atoms with Crippen molar-refractivity contribution in [2.24, 2.45) is 0 Å². The molecule has 1 aliphatic rings. The number of rotatable bonds is 8. The number of carbonyl (C=O) groups excluding carboxylic acids is 2. The Labute approximate surface area is 208 Å². The van der Waals surface area contributed by atoms with Gasteiger partial charge in [-0.05, 0) is 46.9 Å². The minimum Gasteiger partial charge on any atom is -0.478 e. The number of nitrogens with one attached hydrogen (secondary N) is 2. The second-order valence-electron chi connectivity index (χ2n) is 8.30. The maximum atomic E-state index is 12.8. The summed E-state index contributed by atoms with van der Waals surface area (Å²) in [5.41, 5.74) is 4.73. The molecule has 2 amide bonds. The Balaban J connectivity index is 1.41. The molecule has 0 aliphatic heterocycles. The van der Waals surface area contributed by atoms with E-state index in [2.05, 4.69) is 22.8 Å². The SMILES string of the molecule is CCC[C@@H](NC(=O)OCC1c2ccccc2-c2ccccc21)C(=O)Nc1ccc(C(=O)O)cc1Cl. The van der Waals surface area contributed by atoms with Gasteiger partial charge in [0.2, 0.25) is 5.91 Å². The highest BCUT2D eigenvalue weighted by Crippen LogP contribution is 2.44. The summed E-state index contributed by atoms with van der Waals surface area (Å²) in [5, 5.41) is 14.5. The summed E-state index contributed by atoms with van der Waals surface area (Å²) in [5.74, 6) is -1.67. The molecule has 0 spiro atoms. The summed E-state index contributed by atoms with van der Waals surface area (Å²) in [6.45, 7) is 2.04. The molecule has 0 bridgehead atoms. The number of hydrogen-bond acceptors (Lipinski definition) is 4. The lowest BCUT2D eigenvalue weighted by molar-refractivity contribution is -0.118. The Hall–Kier alpha value is -3.84. The molecule has 4 rings (SSSR count). The van der Waals surface area contributed by atoms with Crippen molar-refractivity contribution in [2.45, 2.75) is 31.7 Å². The van der Waals surface area contributed by atoms with Gasteiger partial charge in [-0.15, -0.1) is 0 Å². The van der Waals surface area contributed by atoms with Crippen molar-refractivity contribution in [3.63, 3.8) is 0 Å². The highest BCUT2D eigenvalue weighted by Gasteiger charge is 2.29. The van der Waals surface area contributed by atoms with E-state index in [4.69, 9.17) is 21.4 Å². The van der Waals surface area contributed by atoms with Gasteiger partial charge in [0, 0.05) is 5.92 Å². The molecule has 0 saturated carbocycles. The predicted molar refractivity (Wildman–Crippen MR) is 134 cm³/mol. The van der Waals surface area contributed by atoms with E-state index in [1.807, 2.05) is 43.3 Å². The van der Waals surface area contributed by atoms with Crippen LogP contribution in [0.4, 0.5) is 10.5 Å². The second kappa shape index (κ2) is 10.6. The van der Waals surface area contributed by atoms with Crippen molar-refractivity contribution in [2.75, 3.05) is 11.9 Å². The van der Waals surface area contributed by atoms with Crippen LogP contribution < -0.4 is 10.6 Å². The van der Waals surface area contributed by atoms with Crippen LogP contribution in [0.2, 0.25) is 5.02 Å². The quantitative estimate of drug-likeness (QED) is 0.375. The van der Waals surface area contributed by atoms with Crippen LogP contribution in [0.3, 0.4) is 0 Å². The maximum Gasteiger partial charge on any atom is 0.407 e. The summed E-state index contributed by atoms with van der Waals surface area (Å²) < 4.78 is 5.56. The molecule has 1 atom stereocenters. The largest absolute Gasteiger partial charge is 0.478 e. The zero-order valence-corrected chi connectivity index (χ0v) is 19.8. The number of anilines is 1. The van der Waals surface area contributed by atoms with Gasteiger partial charge in [0.1, 0.15) is 12.6 Å². The standard InChI is InChI=1S/C27H25ClN2O5/c1-2-7-24(25(31)29-23-13-12-16(26(32)33)14-22(23)28)30-27(34)35-15-21-19-10-5-3-8-17(19)18-9-4-6-11-20(18)21/h3-6,8-14,21,24H,2,7,15H2,1H3,(H,29,31)(H,30,34)(H,32,33)/t24-/m1/s1. The van der Waals surface area contributed by atoms with Crippen molar-refractivity contribution >= 4 is 35.3 Å². The Morgan fingerprint density at radius 3 is 2.20 bits per heavy atom. The Morgan fingerprint density at radius 1 is 1.00 bits per heavy atom. The highest BCUT2D eigenvalue weighted by molar-refractivity contribution is 6.34. The monoisotopic (exact) mass is 492 g/mol. The van der Waals surface area contributed by atoms with Gasteiger partial charge in [0.15, 0.2) is 0 Å². The van der Waals surface area contributed by atoms with Gasteiger partial charge in [0.25, 0.3) is 0 Å². The third-order valence-electron chi connectivity index (χ3n) is 6.00. The van der Waals surface area contributed by atoms with E-state index in [9.17, 15) is 14.4 Å². The molecule has 7 nitrogen and oxygen atoms in total. The maximum absolute atomic E-state index is 12.8. The fraction of sp³-hybridized carbons (Fsp3) is 0.222. The summed E-state index contributed by atoms with van der Waals surface area (Å²) in [4.78, 5) is 36.6. The van der Waals surface area contributed by atoms with Crippen LogP contribution in [0.25, 0.3) is 11.1 Å². The number of carboxylic acids is 1. The van der Waals surface area contributed by atoms with Crippen LogP contribution in [0.5, 0.6) is 0 Å². The molecule has 8 heteroatoms. The predicted octanol–water partition coefficient (Wildman–Crippen LogP) is 5.68. The third kappa shape index (κ3) is 5.30. The van der Waals surface area contributed by atoms with Crippen molar-refractivity contribution in [1.29, 1.82) is 0 Å². The molecule has 1 aliphatic carbocycles. The third-order valence-corrected chi connectivity index (χ3v) is 6.32. The molecular weight excluding hydrogens is 468 g/mol. The molecule has 35 heavy (non-hydrogen) atoms. The average Bonchev–Trinajstić information content (AvgIpc) is 3.17. The van der Waals surface area contributed by atoms with Crippen LogP contribution in [0.1, 0.15) is 47.2 Å². The molecule has 3 aromatic rings. The number of fused-ring (bicyclic) bond motifs is 3. The summed E-state index contributed by atoms with van der Waals surface area (Å²) in [6.07, 6.45) is 0.349. The van der Waals surface area contributed by atoms with E-state index < -0.39 is 24.0 Å². The number of carbonyl (C=O) groups is 3. The minimum absolute atomic E-state index is 0.00914. The lowest BCUT2D eigenvalue weighted by Crippen LogP contribution is -2.44. The molecule has 3 N–H and O–H groups in total. The first kappa shape index (κ1) is 24.3. The van der Waals surface area contributed by atoms with E-state index >= 15 is 0 Å². The van der Waals surface area contributed by atoms with E-state index in [0.29, 0.717) is 12.8 Å². The van der Waals surface area contributed by atoms with Crippen molar-refractivity contribution in [1.82, 2.24) is 5.32 Å². The normalized spacial score (nSPS) is 12.9. The van der Waals surface area contributed by atoms with Crippen LogP contribution in [-0.2, 0) is 9.53 Å². The molecule has 3 aromatic carbocycles. The number of benzene rings is 3. The first-order valence-electron chi connectivity index (χ1n) is 11.3. The molecular formula is C27H25ClN2O5. The lowest BCUT2D eigenvalue weighted by Gasteiger charge is -2.20. The Bertz CT molecular complexity index is 1230. The Kier molecular flexibility index (Phi) is 7.36. The fourth-order valence-corrected chi connectivity index (χ4v) is 4.54. The first-order chi connectivity index (χ1) is 16.9. The number of hydrogen-bond donors (Lipinski definition) is 3. The van der Waals surface area contributed by atoms with Crippen LogP contribution in [0, 0.1) is 0 Å². The van der Waals surface area contributed by atoms with E-state index in [0.717, 1.165) is 22.3 Å². The molecule has 0 radical (unpaired) electrons. The van der Waals surface area contributed by atoms with Gasteiger partial charge < -0.3 is 20.5 Å². The van der Waals surface area contributed by atoms with Gasteiger partial charge in [-0.25, -0.2) is 9.59 Å². The number of carboxylic acid groups (broad SMARTS) is 1. The minimum atomic E-state index is -1.12. The van der Waals surface area contributed by atoms with Gasteiger partial charge in [0.05, 0.1) is 16.3 Å². The lowest BCUT2D eigenvalue weighted by atomic mass is 9.98. The van der Waals surface area contributed by atoms with E-state index in [1.165, 1.54) is 18.2 Å². The number of ether oxygens (including phenoxy) is 1. The summed E-state index contributed by atoms with van der Waals surface area (Å²) >= 11 is 6.12. The zero-order valence-electron chi connectivity index (χ0n) is 19.1. The molecule has 0 heterocycles. The number of aromatic carboxylic acids is 1. The van der Waals surface area contributed by atoms with E-state index in [1.54, 1.807) is 0 Å². The van der Waals surface area contributed by atoms with Crippen LogP contribution >= 0.6 is 11.6 Å². The second-order valence-corrected chi connectivity index (χ2v) is 8.71. The van der Waals surface area contributed by atoms with Crippen LogP contribution in [-0.4, -0.2) is 35.7 Å². The number of amides is 2. The van der Waals surface area contributed by atoms with Gasteiger partial charge in [-0.2, -0.15) is 0 Å². The number of halogens is 1. The average molecular weight is 493 g/mol. The van der Waals surface area contributed by atoms with Gasteiger partial charge in [-0.3, -0.25) is 4.79 Å². The fourth-order valence-electron chi connectivity index (χ4n) is 4.31. The molecule has 180 valence electrons. The van der Waals surface area contributed by atoms with Gasteiger partial charge in [-0.1, -0.05) is 73.5 Å². The molecule has 0 aromatic heterocycles. The molecule has 0 saturated heterocycles. The van der Waals surface area contributed by atoms with Crippen molar-refractivity contribution in [3.8, 4) is 11.1 Å². The van der Waals surface area contributed by atoms with Crippen molar-refractivity contribution < 1.29 is 24.2 Å². The summed E-state index contributed by atoms with van der Waals surface area (Å²) in [7, 11) is 0. The zero-order chi connectivity index (χ0) is 24.9. The molecule has 0 fully saturated rings. The smallest absolute Gasteiger partial charge is 0.407 e. The molecule has 0 unspecified atom stereocenters. The van der Waals surface area contributed by atoms with Gasteiger partial charge >= 0.3 is 12.1 Å². The Morgan fingerprint density at radius 2 is 1.63 bits per heavy atom. The van der Waals surface area contributed by atoms with Crippen molar-refractivity contribution in [3.05, 3.63) is 88.4 Å².